The van der Waals surface area contributed by atoms with Gasteiger partial charge in [0.05, 0.1) is 5.69 Å². The normalized spacial score (nSPS) is 15.4. The van der Waals surface area contributed by atoms with Crippen molar-refractivity contribution in [2.45, 2.75) is 0 Å². The summed E-state index contributed by atoms with van der Waals surface area (Å²) in [5.74, 6) is 0. The predicted molar refractivity (Wildman–Crippen MR) is 148 cm³/mol. The summed E-state index contributed by atoms with van der Waals surface area (Å²) in [6.45, 7) is 5.13. The molecule has 0 N–H and O–H groups in total. The average Bonchev–Trinajstić information content (AvgIpc) is 2.97. The van der Waals surface area contributed by atoms with E-state index >= 15 is 0 Å². The number of nitrogens with zero attached hydrogens (tertiary/aromatic N) is 1. The molecule has 162 valence electrons. The summed E-state index contributed by atoms with van der Waals surface area (Å²) in [6.07, 6.45) is 8.51. The van der Waals surface area contributed by atoms with Crippen LogP contribution in [0.2, 0.25) is 0 Å². The van der Waals surface area contributed by atoms with Crippen molar-refractivity contribution in [2.75, 3.05) is 11.4 Å². The number of benzene rings is 5. The molecule has 0 atom stereocenters. The van der Waals surface area contributed by atoms with Crippen LogP contribution in [0.4, 0.5) is 11.4 Å². The lowest BCUT2D eigenvalue weighted by molar-refractivity contribution is 1.11. The minimum Gasteiger partial charge on any atom is -0.336 e. The van der Waals surface area contributed by atoms with E-state index in [0.29, 0.717) is 0 Å². The predicted octanol–water partition coefficient (Wildman–Crippen LogP) is 8.94. The van der Waals surface area contributed by atoms with Crippen molar-refractivity contribution in [3.05, 3.63) is 140 Å². The first-order valence-electron chi connectivity index (χ1n) is 11.7. The molecule has 1 aliphatic rings. The van der Waals surface area contributed by atoms with E-state index < -0.39 is 0 Å². The van der Waals surface area contributed by atoms with Gasteiger partial charge in [-0.2, -0.15) is 0 Å². The molecule has 5 aromatic rings. The van der Waals surface area contributed by atoms with Crippen LogP contribution in [0.3, 0.4) is 0 Å². The van der Waals surface area contributed by atoms with Gasteiger partial charge in [0.1, 0.15) is 0 Å². The van der Waals surface area contributed by atoms with Gasteiger partial charge in [-0.05, 0) is 33.5 Å². The quantitative estimate of drug-likeness (QED) is 0.250. The molecule has 0 radical (unpaired) electrons. The molecule has 0 amide bonds. The number of anilines is 2. The Morgan fingerprint density at radius 3 is 1.88 bits per heavy atom. The molecular formula is C33H25N. The highest BCUT2D eigenvalue weighted by atomic mass is 15.1. The van der Waals surface area contributed by atoms with E-state index in [1.807, 2.05) is 0 Å². The van der Waals surface area contributed by atoms with E-state index in [1.54, 1.807) is 0 Å². The largest absolute Gasteiger partial charge is 0.336 e. The van der Waals surface area contributed by atoms with E-state index in [1.165, 1.54) is 44.0 Å². The molecule has 1 heteroatoms. The molecule has 34 heavy (non-hydrogen) atoms. The zero-order valence-electron chi connectivity index (χ0n) is 19.0. The molecule has 0 aliphatic carbocycles. The lowest BCUT2D eigenvalue weighted by Gasteiger charge is -2.30. The van der Waals surface area contributed by atoms with E-state index in [-0.39, 0.29) is 0 Å². The number of rotatable bonds is 2. The zero-order chi connectivity index (χ0) is 22.9. The van der Waals surface area contributed by atoms with E-state index in [4.69, 9.17) is 0 Å². The Kier molecular flexibility index (Phi) is 5.08. The number of allylic oxidation sites excluding steroid dienone is 4. The zero-order valence-corrected chi connectivity index (χ0v) is 19.0. The molecule has 1 nitrogen and oxygen atoms in total. The first-order chi connectivity index (χ1) is 16.8. The Labute approximate surface area is 200 Å². The molecule has 5 aromatic carbocycles. The molecule has 0 fully saturated rings. The maximum Gasteiger partial charge on any atom is 0.0573 e. The van der Waals surface area contributed by atoms with Crippen LogP contribution < -0.4 is 4.90 Å². The Bertz CT molecular complexity index is 1530. The second-order valence-corrected chi connectivity index (χ2v) is 8.62. The summed E-state index contributed by atoms with van der Waals surface area (Å²) in [7, 11) is 0. The van der Waals surface area contributed by atoms with Crippen LogP contribution in [0.25, 0.3) is 38.2 Å². The molecule has 0 unspecified atom stereocenters. The van der Waals surface area contributed by atoms with Crippen LogP contribution in [0.5, 0.6) is 0 Å². The minimum atomic E-state index is 0.771. The molecule has 1 heterocycles. The molecular weight excluding hydrogens is 410 g/mol. The van der Waals surface area contributed by atoms with Crippen molar-refractivity contribution in [1.82, 2.24) is 0 Å². The second-order valence-electron chi connectivity index (χ2n) is 8.62. The number of hydrogen-bond acceptors (Lipinski definition) is 1. The third-order valence-electron chi connectivity index (χ3n) is 6.61. The highest BCUT2D eigenvalue weighted by molar-refractivity contribution is 6.21. The SMILES string of the molecule is C=C1/C=C\C=C/CN(c2c3ccccc3c(-c3ccccc3)c3ccccc23)c2ccccc21. The fourth-order valence-electron chi connectivity index (χ4n) is 5.11. The summed E-state index contributed by atoms with van der Waals surface area (Å²) in [4.78, 5) is 2.45. The summed E-state index contributed by atoms with van der Waals surface area (Å²) in [5, 5.41) is 5.03. The summed E-state index contributed by atoms with van der Waals surface area (Å²) >= 11 is 0. The van der Waals surface area contributed by atoms with Gasteiger partial charge in [0.15, 0.2) is 0 Å². The topological polar surface area (TPSA) is 3.24 Å². The molecule has 6 rings (SSSR count). The maximum absolute atomic E-state index is 4.36. The van der Waals surface area contributed by atoms with Crippen molar-refractivity contribution < 1.29 is 0 Å². The van der Waals surface area contributed by atoms with Crippen molar-refractivity contribution in [1.29, 1.82) is 0 Å². The van der Waals surface area contributed by atoms with Crippen LogP contribution in [0.15, 0.2) is 134 Å². The van der Waals surface area contributed by atoms with Crippen LogP contribution >= 0.6 is 0 Å². The van der Waals surface area contributed by atoms with Gasteiger partial charge in [-0.1, -0.05) is 128 Å². The van der Waals surface area contributed by atoms with Crippen molar-refractivity contribution >= 4 is 38.5 Å². The van der Waals surface area contributed by atoms with E-state index in [2.05, 4.69) is 139 Å². The third-order valence-corrected chi connectivity index (χ3v) is 6.61. The second kappa shape index (κ2) is 8.53. The Balaban J connectivity index is 1.74. The van der Waals surface area contributed by atoms with Crippen LogP contribution in [0, 0.1) is 0 Å². The molecule has 0 saturated heterocycles. The molecule has 0 aromatic heterocycles. The van der Waals surface area contributed by atoms with Gasteiger partial charge in [0.2, 0.25) is 0 Å². The minimum absolute atomic E-state index is 0.771. The van der Waals surface area contributed by atoms with Crippen molar-refractivity contribution in [3.8, 4) is 11.1 Å². The summed E-state index contributed by atoms with van der Waals surface area (Å²) in [5.41, 5.74) is 7.10. The Morgan fingerprint density at radius 2 is 1.18 bits per heavy atom. The highest BCUT2D eigenvalue weighted by Crippen LogP contribution is 2.46. The average molecular weight is 436 g/mol. The first-order valence-corrected chi connectivity index (χ1v) is 11.7. The molecule has 0 bridgehead atoms. The summed E-state index contributed by atoms with van der Waals surface area (Å²) < 4.78 is 0. The lowest BCUT2D eigenvalue weighted by Crippen LogP contribution is -2.19. The number of fused-ring (bicyclic) bond motifs is 3. The Morgan fingerprint density at radius 1 is 0.588 bits per heavy atom. The molecule has 0 saturated carbocycles. The Hall–Kier alpha value is -4.36. The van der Waals surface area contributed by atoms with Crippen molar-refractivity contribution in [3.63, 3.8) is 0 Å². The van der Waals surface area contributed by atoms with Crippen LogP contribution in [-0.4, -0.2) is 6.54 Å². The van der Waals surface area contributed by atoms with Gasteiger partial charge in [0, 0.05) is 28.6 Å². The monoisotopic (exact) mass is 435 g/mol. The van der Waals surface area contributed by atoms with Crippen LogP contribution in [0.1, 0.15) is 5.56 Å². The maximum atomic E-state index is 4.36. The van der Waals surface area contributed by atoms with Gasteiger partial charge in [-0.3, -0.25) is 0 Å². The fraction of sp³-hybridized carbons (Fsp3) is 0.0303. The smallest absolute Gasteiger partial charge is 0.0573 e. The molecule has 0 spiro atoms. The van der Waals surface area contributed by atoms with Gasteiger partial charge in [0.25, 0.3) is 0 Å². The van der Waals surface area contributed by atoms with Crippen LogP contribution in [-0.2, 0) is 0 Å². The van der Waals surface area contributed by atoms with Gasteiger partial charge in [-0.25, -0.2) is 0 Å². The first kappa shape index (κ1) is 20.3. The van der Waals surface area contributed by atoms with Gasteiger partial charge in [-0.15, -0.1) is 0 Å². The number of hydrogen-bond donors (Lipinski definition) is 0. The highest BCUT2D eigenvalue weighted by Gasteiger charge is 2.21. The van der Waals surface area contributed by atoms with Gasteiger partial charge < -0.3 is 4.90 Å². The fourth-order valence-corrected chi connectivity index (χ4v) is 5.11. The number of para-hydroxylation sites is 1. The standard InChI is InChI=1S/C33H25N/c1-24-14-4-3-13-23-34(31-22-12-11-17-26(24)31)33-29-20-9-7-18-27(29)32(25-15-5-2-6-16-25)28-19-8-10-21-30(28)33/h2-22H,1,23H2/b13-3-,14-4-. The van der Waals surface area contributed by atoms with Gasteiger partial charge >= 0.3 is 0 Å². The van der Waals surface area contributed by atoms with E-state index in [9.17, 15) is 0 Å². The molecule has 1 aliphatic heterocycles. The van der Waals surface area contributed by atoms with E-state index in [0.717, 1.165) is 17.7 Å². The third kappa shape index (κ3) is 3.34. The summed E-state index contributed by atoms with van der Waals surface area (Å²) in [6, 6.07) is 36.9. The lowest BCUT2D eigenvalue weighted by atomic mass is 9.90. The van der Waals surface area contributed by atoms with Crippen molar-refractivity contribution in [2.24, 2.45) is 0 Å².